The number of hydrogen-bond acceptors (Lipinski definition) is 7. The summed E-state index contributed by atoms with van der Waals surface area (Å²) in [7, 11) is 0. The molecule has 112 valence electrons. The lowest BCUT2D eigenvalue weighted by atomic mass is 10.2. The zero-order valence-electron chi connectivity index (χ0n) is 12.0. The lowest BCUT2D eigenvalue weighted by Gasteiger charge is -2.07. The van der Waals surface area contributed by atoms with Crippen LogP contribution in [0.1, 0.15) is 11.3 Å². The lowest BCUT2D eigenvalue weighted by Crippen LogP contribution is -2.02. The van der Waals surface area contributed by atoms with Gasteiger partial charge in [0.2, 0.25) is 5.95 Å². The minimum Gasteiger partial charge on any atom is -0.360 e. The predicted octanol–water partition coefficient (Wildman–Crippen LogP) is 3.73. The van der Waals surface area contributed by atoms with Crippen molar-refractivity contribution in [2.24, 2.45) is 0 Å². The van der Waals surface area contributed by atoms with E-state index in [2.05, 4.69) is 46.9 Å². The van der Waals surface area contributed by atoms with Gasteiger partial charge in [0, 0.05) is 16.2 Å². The summed E-state index contributed by atoms with van der Waals surface area (Å²) in [6.07, 6.45) is 1.51. The summed E-state index contributed by atoms with van der Waals surface area (Å²) in [5.74, 6) is 2.20. The van der Waals surface area contributed by atoms with Crippen molar-refractivity contribution in [1.82, 2.24) is 20.3 Å². The first-order valence-corrected chi connectivity index (χ1v) is 7.33. The number of rotatable bonds is 4. The van der Waals surface area contributed by atoms with Gasteiger partial charge >= 0.3 is 0 Å². The summed E-state index contributed by atoms with van der Waals surface area (Å²) < 4.78 is 6.00. The third-order valence-electron chi connectivity index (χ3n) is 2.87. The predicted molar refractivity (Wildman–Crippen MR) is 86.5 cm³/mol. The molecule has 0 fully saturated rings. The van der Waals surface area contributed by atoms with Crippen LogP contribution in [0.3, 0.4) is 0 Å². The molecule has 0 aliphatic heterocycles. The molecule has 0 saturated heterocycles. The van der Waals surface area contributed by atoms with Gasteiger partial charge in [-0.05, 0) is 31.5 Å². The normalized spacial score (nSPS) is 10.5. The molecule has 2 heterocycles. The average molecular weight is 361 g/mol. The monoisotopic (exact) mass is 360 g/mol. The van der Waals surface area contributed by atoms with E-state index in [1.54, 1.807) is 6.07 Å². The van der Waals surface area contributed by atoms with E-state index in [4.69, 9.17) is 4.52 Å². The second-order valence-electron chi connectivity index (χ2n) is 4.70. The molecule has 0 aliphatic carbocycles. The fraction of sp³-hybridized carbons (Fsp3) is 0.143. The maximum Gasteiger partial charge on any atom is 0.249 e. The molecule has 0 bridgehead atoms. The quantitative estimate of drug-likeness (QED) is 0.732. The van der Waals surface area contributed by atoms with Crippen LogP contribution in [0.2, 0.25) is 0 Å². The van der Waals surface area contributed by atoms with Crippen molar-refractivity contribution in [2.45, 2.75) is 13.8 Å². The van der Waals surface area contributed by atoms with Crippen LogP contribution in [-0.4, -0.2) is 20.3 Å². The van der Waals surface area contributed by atoms with Crippen LogP contribution < -0.4 is 10.6 Å². The van der Waals surface area contributed by atoms with Crippen LogP contribution in [0.15, 0.2) is 39.5 Å². The van der Waals surface area contributed by atoms with Crippen LogP contribution in [0, 0.1) is 13.8 Å². The zero-order valence-corrected chi connectivity index (χ0v) is 13.5. The highest BCUT2D eigenvalue weighted by atomic mass is 79.9. The van der Waals surface area contributed by atoms with Crippen molar-refractivity contribution >= 4 is 39.2 Å². The Balaban J connectivity index is 1.77. The molecule has 0 saturated carbocycles. The van der Waals surface area contributed by atoms with Gasteiger partial charge in [0.1, 0.15) is 5.76 Å². The summed E-state index contributed by atoms with van der Waals surface area (Å²) in [6.45, 7) is 3.84. The number of nitrogens with zero attached hydrogens (tertiary/aromatic N) is 4. The van der Waals surface area contributed by atoms with E-state index in [0.29, 0.717) is 23.3 Å². The molecular weight excluding hydrogens is 348 g/mol. The Morgan fingerprint density at radius 3 is 2.68 bits per heavy atom. The summed E-state index contributed by atoms with van der Waals surface area (Å²) >= 11 is 3.49. The van der Waals surface area contributed by atoms with Gasteiger partial charge in [-0.25, -0.2) is 0 Å². The first kappa shape index (κ1) is 14.5. The molecule has 3 rings (SSSR count). The average Bonchev–Trinajstić information content (AvgIpc) is 2.89. The number of nitrogens with one attached hydrogen (secondary N) is 2. The highest BCUT2D eigenvalue weighted by Crippen LogP contribution is 2.22. The summed E-state index contributed by atoms with van der Waals surface area (Å²) in [5, 5.41) is 17.8. The Hall–Kier alpha value is -2.48. The molecule has 7 nitrogen and oxygen atoms in total. The van der Waals surface area contributed by atoms with E-state index >= 15 is 0 Å². The van der Waals surface area contributed by atoms with Crippen molar-refractivity contribution in [3.8, 4) is 0 Å². The highest BCUT2D eigenvalue weighted by Gasteiger charge is 2.05. The van der Waals surface area contributed by atoms with Gasteiger partial charge in [0.25, 0.3) is 0 Å². The molecule has 8 heteroatoms. The highest BCUT2D eigenvalue weighted by molar-refractivity contribution is 9.10. The molecule has 2 N–H and O–H groups in total. The molecule has 0 atom stereocenters. The Labute approximate surface area is 135 Å². The van der Waals surface area contributed by atoms with E-state index in [9.17, 15) is 0 Å². The SMILES string of the molecule is Cc1cc(Nc2cnnc(Nc3ccc(C)c(Br)c3)n2)no1. The number of hydrogen-bond donors (Lipinski definition) is 2. The molecule has 1 aromatic carbocycles. The first-order chi connectivity index (χ1) is 10.6. The van der Waals surface area contributed by atoms with E-state index in [1.165, 1.54) is 6.20 Å². The van der Waals surface area contributed by atoms with Gasteiger partial charge in [-0.1, -0.05) is 27.2 Å². The van der Waals surface area contributed by atoms with E-state index in [-0.39, 0.29) is 0 Å². The molecule has 0 amide bonds. The molecule has 0 spiro atoms. The molecule has 0 aliphatic rings. The van der Waals surface area contributed by atoms with Crippen LogP contribution in [0.5, 0.6) is 0 Å². The second kappa shape index (κ2) is 6.10. The minimum atomic E-state index is 0.390. The van der Waals surface area contributed by atoms with Crippen molar-refractivity contribution in [2.75, 3.05) is 10.6 Å². The Kier molecular flexibility index (Phi) is 4.01. The standard InChI is InChI=1S/C14H13BrN6O/c1-8-3-4-10(6-11(8)15)17-14-19-13(7-16-20-14)18-12-5-9(2)22-21-12/h3-7H,1-2H3,(H2,17,18,19,20,21). The topological polar surface area (TPSA) is 88.8 Å². The van der Waals surface area contributed by atoms with Crippen molar-refractivity contribution in [3.63, 3.8) is 0 Å². The third kappa shape index (κ3) is 3.40. The number of halogens is 1. The summed E-state index contributed by atoms with van der Waals surface area (Å²) in [5.41, 5.74) is 2.02. The largest absolute Gasteiger partial charge is 0.360 e. The number of aryl methyl sites for hydroxylation is 2. The fourth-order valence-electron chi connectivity index (χ4n) is 1.77. The molecule has 0 unspecified atom stereocenters. The Bertz CT molecular complexity index is 804. The maximum absolute atomic E-state index is 4.99. The first-order valence-electron chi connectivity index (χ1n) is 6.53. The van der Waals surface area contributed by atoms with Gasteiger partial charge < -0.3 is 15.2 Å². The third-order valence-corrected chi connectivity index (χ3v) is 3.73. The summed E-state index contributed by atoms with van der Waals surface area (Å²) in [4.78, 5) is 4.33. The lowest BCUT2D eigenvalue weighted by molar-refractivity contribution is 0.400. The molecule has 3 aromatic rings. The zero-order chi connectivity index (χ0) is 15.5. The van der Waals surface area contributed by atoms with Gasteiger partial charge in [-0.3, -0.25) is 0 Å². The fourth-order valence-corrected chi connectivity index (χ4v) is 2.15. The van der Waals surface area contributed by atoms with Gasteiger partial charge in [-0.2, -0.15) is 10.1 Å². The van der Waals surface area contributed by atoms with Crippen LogP contribution >= 0.6 is 15.9 Å². The molecule has 2 aromatic heterocycles. The van der Waals surface area contributed by atoms with Crippen molar-refractivity contribution in [3.05, 3.63) is 46.3 Å². The van der Waals surface area contributed by atoms with Crippen LogP contribution in [-0.2, 0) is 0 Å². The van der Waals surface area contributed by atoms with Crippen molar-refractivity contribution in [1.29, 1.82) is 0 Å². The van der Waals surface area contributed by atoms with E-state index < -0.39 is 0 Å². The number of aromatic nitrogens is 4. The van der Waals surface area contributed by atoms with Crippen LogP contribution in [0.4, 0.5) is 23.3 Å². The van der Waals surface area contributed by atoms with E-state index in [1.807, 2.05) is 32.0 Å². The number of anilines is 4. The molecule has 22 heavy (non-hydrogen) atoms. The molecule has 0 radical (unpaired) electrons. The van der Waals surface area contributed by atoms with Crippen molar-refractivity contribution < 1.29 is 4.52 Å². The smallest absolute Gasteiger partial charge is 0.249 e. The Morgan fingerprint density at radius 1 is 1.09 bits per heavy atom. The number of benzene rings is 1. The maximum atomic E-state index is 4.99. The second-order valence-corrected chi connectivity index (χ2v) is 5.56. The van der Waals surface area contributed by atoms with Gasteiger partial charge in [-0.15, -0.1) is 5.10 Å². The minimum absolute atomic E-state index is 0.390. The molecular formula is C14H13BrN6O. The van der Waals surface area contributed by atoms with Gasteiger partial charge in [0.15, 0.2) is 11.6 Å². The summed E-state index contributed by atoms with van der Waals surface area (Å²) in [6, 6.07) is 7.68. The van der Waals surface area contributed by atoms with Gasteiger partial charge in [0.05, 0.1) is 6.20 Å². The Morgan fingerprint density at radius 2 is 1.95 bits per heavy atom. The van der Waals surface area contributed by atoms with E-state index in [0.717, 1.165) is 15.7 Å². The van der Waals surface area contributed by atoms with Crippen LogP contribution in [0.25, 0.3) is 0 Å².